The summed E-state index contributed by atoms with van der Waals surface area (Å²) in [5.41, 5.74) is 9.48. The fourth-order valence-corrected chi connectivity index (χ4v) is 3.33. The van der Waals surface area contributed by atoms with E-state index in [2.05, 4.69) is 28.8 Å². The lowest BCUT2D eigenvalue weighted by molar-refractivity contribution is 0.803. The van der Waals surface area contributed by atoms with Gasteiger partial charge in [-0.2, -0.15) is 0 Å². The minimum absolute atomic E-state index is 0.0208. The zero-order chi connectivity index (χ0) is 16.4. The number of hydrogen-bond donors (Lipinski definition) is 1. The molecule has 1 aliphatic rings. The van der Waals surface area contributed by atoms with Gasteiger partial charge in [0.25, 0.3) is 0 Å². The van der Waals surface area contributed by atoms with E-state index in [4.69, 9.17) is 17.3 Å². The van der Waals surface area contributed by atoms with Crippen molar-refractivity contribution in [2.75, 3.05) is 0 Å². The first-order valence-corrected chi connectivity index (χ1v) is 8.59. The zero-order valence-electron chi connectivity index (χ0n) is 12.9. The van der Waals surface area contributed by atoms with Crippen molar-refractivity contribution in [2.45, 2.75) is 25.0 Å². The van der Waals surface area contributed by atoms with E-state index in [1.165, 1.54) is 11.8 Å². The third kappa shape index (κ3) is 3.57. The molecule has 1 aromatic heterocycles. The van der Waals surface area contributed by atoms with Crippen LogP contribution in [0.15, 0.2) is 47.7 Å². The van der Waals surface area contributed by atoms with E-state index < -0.39 is 0 Å². The summed E-state index contributed by atoms with van der Waals surface area (Å²) in [6.45, 7) is 4.19. The topological polar surface area (TPSA) is 64.2 Å². The van der Waals surface area contributed by atoms with Gasteiger partial charge in [0.2, 0.25) is 0 Å². The van der Waals surface area contributed by atoms with Crippen LogP contribution in [-0.2, 0) is 0 Å². The third-order valence-electron chi connectivity index (χ3n) is 3.51. The van der Waals surface area contributed by atoms with Crippen LogP contribution in [0.5, 0.6) is 0 Å². The summed E-state index contributed by atoms with van der Waals surface area (Å²) in [6, 6.07) is 7.61. The Hall–Kier alpha value is -1.85. The molecule has 0 bridgehead atoms. The Morgan fingerprint density at radius 2 is 1.96 bits per heavy atom. The quantitative estimate of drug-likeness (QED) is 0.896. The molecule has 0 fully saturated rings. The van der Waals surface area contributed by atoms with Crippen LogP contribution in [-0.4, -0.2) is 15.1 Å². The van der Waals surface area contributed by atoms with Crippen molar-refractivity contribution in [3.05, 3.63) is 64.7 Å². The molecule has 1 atom stereocenters. The summed E-state index contributed by atoms with van der Waals surface area (Å²) in [5.74, 6) is 0.358. The maximum absolute atomic E-state index is 6.27. The monoisotopic (exact) mass is 344 g/mol. The number of nitrogens with zero attached hydrogens (tertiary/aromatic N) is 3. The number of nitrogens with two attached hydrogens (primary N) is 1. The van der Waals surface area contributed by atoms with E-state index in [0.29, 0.717) is 16.1 Å². The average Bonchev–Trinajstić information content (AvgIpc) is 2.55. The molecule has 0 saturated heterocycles. The third-order valence-corrected chi connectivity index (χ3v) is 4.81. The minimum atomic E-state index is -0.0208. The molecular weight excluding hydrogens is 328 g/mol. The van der Waals surface area contributed by atoms with Gasteiger partial charge >= 0.3 is 0 Å². The largest absolute Gasteiger partial charge is 0.378 e. The molecule has 118 valence electrons. The Balaban J connectivity index is 1.95. The van der Waals surface area contributed by atoms with E-state index in [-0.39, 0.29) is 5.25 Å². The van der Waals surface area contributed by atoms with Crippen LogP contribution in [0.1, 0.15) is 42.0 Å². The lowest BCUT2D eigenvalue weighted by atomic mass is 10.1. The van der Waals surface area contributed by atoms with Crippen molar-refractivity contribution in [1.82, 2.24) is 9.97 Å². The van der Waals surface area contributed by atoms with Gasteiger partial charge in [0.05, 0.1) is 28.5 Å². The van der Waals surface area contributed by atoms with Crippen LogP contribution in [0.25, 0.3) is 5.70 Å². The molecule has 23 heavy (non-hydrogen) atoms. The van der Waals surface area contributed by atoms with E-state index >= 15 is 0 Å². The Morgan fingerprint density at radius 1 is 1.17 bits per heavy atom. The number of amidine groups is 1. The lowest BCUT2D eigenvalue weighted by Gasteiger charge is -2.18. The molecule has 1 aromatic carbocycles. The summed E-state index contributed by atoms with van der Waals surface area (Å²) in [5, 5.41) is 1.14. The molecule has 2 aromatic rings. The molecule has 0 radical (unpaired) electrons. The fourth-order valence-electron chi connectivity index (χ4n) is 2.25. The first-order valence-electron chi connectivity index (χ1n) is 7.34. The fraction of sp³-hybridized carbons (Fsp3) is 0.235. The minimum Gasteiger partial charge on any atom is -0.378 e. The van der Waals surface area contributed by atoms with Crippen LogP contribution >= 0.6 is 23.4 Å². The second-order valence-electron chi connectivity index (χ2n) is 5.54. The number of rotatable bonds is 3. The van der Waals surface area contributed by atoms with Crippen molar-refractivity contribution in [3.8, 4) is 0 Å². The van der Waals surface area contributed by atoms with Crippen molar-refractivity contribution in [2.24, 2.45) is 10.7 Å². The SMILES string of the molecule is CC(C)c1cnc(C2C=C(c3ccccc3Cl)N=C(N)S2)cn1. The smallest absolute Gasteiger partial charge is 0.160 e. The first-order chi connectivity index (χ1) is 11.0. The Morgan fingerprint density at radius 3 is 2.61 bits per heavy atom. The zero-order valence-corrected chi connectivity index (χ0v) is 14.5. The molecule has 2 N–H and O–H groups in total. The van der Waals surface area contributed by atoms with E-state index in [1.54, 1.807) is 0 Å². The highest BCUT2D eigenvalue weighted by Gasteiger charge is 2.21. The highest BCUT2D eigenvalue weighted by atomic mass is 35.5. The summed E-state index contributed by atoms with van der Waals surface area (Å²) in [4.78, 5) is 13.4. The van der Waals surface area contributed by atoms with Crippen LogP contribution in [0.2, 0.25) is 5.02 Å². The van der Waals surface area contributed by atoms with Gasteiger partial charge in [-0.05, 0) is 18.1 Å². The van der Waals surface area contributed by atoms with E-state index in [1.807, 2.05) is 42.7 Å². The molecule has 4 nitrogen and oxygen atoms in total. The summed E-state index contributed by atoms with van der Waals surface area (Å²) in [6.07, 6.45) is 5.67. The molecule has 6 heteroatoms. The van der Waals surface area contributed by atoms with Gasteiger partial charge in [-0.3, -0.25) is 9.97 Å². The van der Waals surface area contributed by atoms with Crippen LogP contribution < -0.4 is 5.73 Å². The maximum Gasteiger partial charge on any atom is 0.160 e. The Labute approximate surface area is 144 Å². The summed E-state index contributed by atoms with van der Waals surface area (Å²) in [7, 11) is 0. The molecule has 0 amide bonds. The highest BCUT2D eigenvalue weighted by molar-refractivity contribution is 8.14. The van der Waals surface area contributed by atoms with Gasteiger partial charge in [0, 0.05) is 16.8 Å². The van der Waals surface area contributed by atoms with Gasteiger partial charge in [-0.1, -0.05) is 55.4 Å². The molecule has 0 aliphatic carbocycles. The van der Waals surface area contributed by atoms with Crippen molar-refractivity contribution >= 4 is 34.2 Å². The maximum atomic E-state index is 6.27. The van der Waals surface area contributed by atoms with Crippen molar-refractivity contribution < 1.29 is 0 Å². The summed E-state index contributed by atoms with van der Waals surface area (Å²) < 4.78 is 0. The van der Waals surface area contributed by atoms with Crippen LogP contribution in [0, 0.1) is 0 Å². The summed E-state index contributed by atoms with van der Waals surface area (Å²) >= 11 is 7.73. The molecule has 1 aliphatic heterocycles. The second kappa shape index (κ2) is 6.72. The molecular formula is C17H17ClN4S. The van der Waals surface area contributed by atoms with Crippen molar-refractivity contribution in [1.29, 1.82) is 0 Å². The number of halogens is 1. The second-order valence-corrected chi connectivity index (χ2v) is 7.11. The van der Waals surface area contributed by atoms with E-state index in [0.717, 1.165) is 22.6 Å². The Kier molecular flexibility index (Phi) is 4.68. The van der Waals surface area contributed by atoms with Gasteiger partial charge in [-0.15, -0.1) is 0 Å². The van der Waals surface area contributed by atoms with Gasteiger partial charge in [-0.25, -0.2) is 4.99 Å². The first kappa shape index (κ1) is 16.0. The molecule has 0 spiro atoms. The Bertz CT molecular complexity index is 768. The van der Waals surface area contributed by atoms with Gasteiger partial charge < -0.3 is 5.73 Å². The van der Waals surface area contributed by atoms with Crippen LogP contribution in [0.3, 0.4) is 0 Å². The average molecular weight is 345 g/mol. The predicted octanol–water partition coefficient (Wildman–Crippen LogP) is 4.40. The number of aromatic nitrogens is 2. The van der Waals surface area contributed by atoms with Gasteiger partial charge in [0.15, 0.2) is 5.17 Å². The van der Waals surface area contributed by atoms with Crippen LogP contribution in [0.4, 0.5) is 0 Å². The molecule has 1 unspecified atom stereocenters. The van der Waals surface area contributed by atoms with E-state index in [9.17, 15) is 0 Å². The number of benzene rings is 1. The molecule has 2 heterocycles. The lowest BCUT2D eigenvalue weighted by Crippen LogP contribution is -2.14. The molecule has 0 saturated carbocycles. The standard InChI is InChI=1S/C17H17ClN4S/c1-10(2)14-8-21-15(9-20-14)16-7-13(22-17(19)23-16)11-5-3-4-6-12(11)18/h3-10,16H,1-2H3,(H2,19,22). The van der Waals surface area contributed by atoms with Crippen molar-refractivity contribution in [3.63, 3.8) is 0 Å². The normalized spacial score (nSPS) is 17.8. The predicted molar refractivity (Wildman–Crippen MR) is 97.5 cm³/mol. The number of thioether (sulfide) groups is 1. The molecule has 3 rings (SSSR count). The number of hydrogen-bond acceptors (Lipinski definition) is 5. The number of aliphatic imine (C=N–C) groups is 1. The van der Waals surface area contributed by atoms with Gasteiger partial charge in [0.1, 0.15) is 0 Å². The highest BCUT2D eigenvalue weighted by Crippen LogP contribution is 2.38.